The second-order valence-electron chi connectivity index (χ2n) is 7.39. The molecule has 164 valence electrons. The third-order valence-corrected chi connectivity index (χ3v) is 7.83. The van der Waals surface area contributed by atoms with Crippen LogP contribution in [0.3, 0.4) is 0 Å². The highest BCUT2D eigenvalue weighted by molar-refractivity contribution is 7.89. The molecule has 4 rings (SSSR count). The van der Waals surface area contributed by atoms with Crippen LogP contribution in [0, 0.1) is 18.7 Å². The van der Waals surface area contributed by atoms with Crippen molar-refractivity contribution in [3.05, 3.63) is 58.4 Å². The lowest BCUT2D eigenvalue weighted by Crippen LogP contribution is -2.45. The van der Waals surface area contributed by atoms with Crippen LogP contribution >= 0.6 is 11.3 Å². The van der Waals surface area contributed by atoms with E-state index < -0.39 is 21.8 Å². The average molecular weight is 464 g/mol. The highest BCUT2D eigenvalue weighted by atomic mass is 32.2. The number of halogens is 1. The minimum atomic E-state index is -3.78. The molecular weight excluding hydrogens is 441 g/mol. The zero-order valence-corrected chi connectivity index (χ0v) is 18.5. The number of hydrogen-bond acceptors (Lipinski definition) is 6. The van der Waals surface area contributed by atoms with Crippen LogP contribution in [0.2, 0.25) is 0 Å². The Morgan fingerprint density at radius 3 is 2.77 bits per heavy atom. The third kappa shape index (κ3) is 4.86. The number of carbonyl (C=O) groups excluding carboxylic acids is 1. The molecule has 0 spiro atoms. The van der Waals surface area contributed by atoms with Gasteiger partial charge in [-0.25, -0.2) is 17.8 Å². The number of hydrogen-bond donors (Lipinski definition) is 1. The van der Waals surface area contributed by atoms with Gasteiger partial charge in [-0.1, -0.05) is 0 Å². The van der Waals surface area contributed by atoms with Crippen LogP contribution < -0.4 is 5.32 Å². The van der Waals surface area contributed by atoms with Crippen molar-refractivity contribution in [3.63, 3.8) is 0 Å². The largest absolute Gasteiger partial charge is 0.458 e. The highest BCUT2D eigenvalue weighted by Gasteiger charge is 2.33. The van der Waals surface area contributed by atoms with E-state index in [1.54, 1.807) is 6.07 Å². The summed E-state index contributed by atoms with van der Waals surface area (Å²) in [6, 6.07) is 8.32. The van der Waals surface area contributed by atoms with E-state index >= 15 is 0 Å². The summed E-state index contributed by atoms with van der Waals surface area (Å²) in [5, 5.41) is 5.69. The number of carbonyl (C=O) groups is 1. The Labute approximate surface area is 184 Å². The second kappa shape index (κ2) is 8.89. The van der Waals surface area contributed by atoms with E-state index in [1.807, 2.05) is 18.4 Å². The summed E-state index contributed by atoms with van der Waals surface area (Å²) in [5.41, 5.74) is 0.758. The lowest BCUT2D eigenvalue weighted by atomic mass is 9.99. The van der Waals surface area contributed by atoms with E-state index in [1.165, 1.54) is 27.8 Å². The number of nitrogens with one attached hydrogen (secondary N) is 1. The van der Waals surface area contributed by atoms with Crippen molar-refractivity contribution in [3.8, 4) is 11.5 Å². The van der Waals surface area contributed by atoms with Gasteiger partial charge in [0.25, 0.3) is 0 Å². The van der Waals surface area contributed by atoms with Crippen molar-refractivity contribution in [1.29, 1.82) is 0 Å². The van der Waals surface area contributed by atoms with Gasteiger partial charge >= 0.3 is 0 Å². The summed E-state index contributed by atoms with van der Waals surface area (Å²) < 4.78 is 45.9. The van der Waals surface area contributed by atoms with Crippen LogP contribution in [0.4, 0.5) is 4.39 Å². The van der Waals surface area contributed by atoms with E-state index in [9.17, 15) is 17.6 Å². The summed E-state index contributed by atoms with van der Waals surface area (Å²) in [6.45, 7) is 2.55. The predicted octanol–water partition coefficient (Wildman–Crippen LogP) is 3.57. The minimum absolute atomic E-state index is 0.0235. The van der Waals surface area contributed by atoms with Crippen LogP contribution in [0.5, 0.6) is 0 Å². The lowest BCUT2D eigenvalue weighted by Gasteiger charge is -2.31. The lowest BCUT2D eigenvalue weighted by molar-refractivity contribution is -0.126. The van der Waals surface area contributed by atoms with Gasteiger partial charge in [0, 0.05) is 18.5 Å². The summed E-state index contributed by atoms with van der Waals surface area (Å²) in [5.74, 6) is 0.0605. The van der Waals surface area contributed by atoms with Crippen molar-refractivity contribution in [2.24, 2.45) is 5.92 Å². The molecule has 0 aliphatic carbocycles. The van der Waals surface area contributed by atoms with E-state index in [2.05, 4.69) is 10.3 Å². The first-order valence-corrected chi connectivity index (χ1v) is 12.2. The number of sulfonamides is 1. The molecule has 1 amide bonds. The van der Waals surface area contributed by atoms with Crippen molar-refractivity contribution in [2.75, 3.05) is 13.1 Å². The Bertz CT molecular complexity index is 1170. The summed E-state index contributed by atoms with van der Waals surface area (Å²) in [7, 11) is -3.78. The number of piperidine rings is 1. The van der Waals surface area contributed by atoms with Gasteiger partial charge in [-0.3, -0.25) is 4.79 Å². The SMILES string of the molecule is Cc1nc(-c2ccc(CNC(=O)C3CCCN(S(=O)(=O)c4ccc(F)cc4)C3)o2)cs1. The van der Waals surface area contributed by atoms with Crippen LogP contribution in [0.1, 0.15) is 23.6 Å². The topological polar surface area (TPSA) is 92.5 Å². The number of nitrogens with zero attached hydrogens (tertiary/aromatic N) is 2. The molecule has 3 aromatic rings. The van der Waals surface area contributed by atoms with Crippen LogP contribution in [-0.4, -0.2) is 36.7 Å². The summed E-state index contributed by atoms with van der Waals surface area (Å²) in [4.78, 5) is 17.1. The fourth-order valence-electron chi connectivity index (χ4n) is 3.54. The molecule has 0 radical (unpaired) electrons. The van der Waals surface area contributed by atoms with Crippen LogP contribution in [0.15, 0.2) is 51.1 Å². The molecular formula is C21H22FN3O4S2. The van der Waals surface area contributed by atoms with Crippen LogP contribution in [-0.2, 0) is 21.4 Å². The maximum atomic E-state index is 13.1. The molecule has 1 fully saturated rings. The first kappa shape index (κ1) is 21.7. The van der Waals surface area contributed by atoms with Gasteiger partial charge in [0.05, 0.1) is 22.4 Å². The smallest absolute Gasteiger partial charge is 0.243 e. The molecule has 10 heteroatoms. The molecule has 1 aromatic carbocycles. The van der Waals surface area contributed by atoms with Gasteiger partial charge < -0.3 is 9.73 Å². The van der Waals surface area contributed by atoms with Crippen LogP contribution in [0.25, 0.3) is 11.5 Å². The first-order chi connectivity index (χ1) is 14.8. The molecule has 1 aliphatic heterocycles. The molecule has 0 bridgehead atoms. The maximum absolute atomic E-state index is 13.1. The Morgan fingerprint density at radius 1 is 1.29 bits per heavy atom. The number of aromatic nitrogens is 1. The van der Waals surface area contributed by atoms with Crippen molar-refractivity contribution in [1.82, 2.24) is 14.6 Å². The minimum Gasteiger partial charge on any atom is -0.458 e. The Balaban J connectivity index is 1.37. The van der Waals surface area contributed by atoms with Crippen molar-refractivity contribution < 1.29 is 22.0 Å². The molecule has 1 N–H and O–H groups in total. The molecule has 31 heavy (non-hydrogen) atoms. The zero-order chi connectivity index (χ0) is 22.0. The number of amides is 1. The maximum Gasteiger partial charge on any atom is 0.243 e. The van der Waals surface area contributed by atoms with Crippen molar-refractivity contribution in [2.45, 2.75) is 31.2 Å². The van der Waals surface area contributed by atoms with Gasteiger partial charge in [0.1, 0.15) is 17.3 Å². The van der Waals surface area contributed by atoms with E-state index in [0.29, 0.717) is 30.9 Å². The monoisotopic (exact) mass is 463 g/mol. The standard InChI is InChI=1S/C21H22FN3O4S2/c1-14-24-19(13-30-14)20-9-6-17(29-20)11-23-21(26)15-3-2-10-25(12-15)31(27,28)18-7-4-16(22)5-8-18/h4-9,13,15H,2-3,10-12H2,1H3,(H,23,26). The number of benzene rings is 1. The van der Waals surface area contributed by atoms with E-state index in [-0.39, 0.29) is 23.9 Å². The first-order valence-electron chi connectivity index (χ1n) is 9.87. The number of furan rings is 1. The normalized spacial score (nSPS) is 17.5. The fraction of sp³-hybridized carbons (Fsp3) is 0.333. The van der Waals surface area contributed by atoms with Crippen molar-refractivity contribution >= 4 is 27.3 Å². The molecule has 1 aliphatic rings. The zero-order valence-electron chi connectivity index (χ0n) is 16.9. The number of rotatable bonds is 6. The quantitative estimate of drug-likeness (QED) is 0.603. The van der Waals surface area contributed by atoms with Gasteiger partial charge in [-0.05, 0) is 56.2 Å². The highest BCUT2D eigenvalue weighted by Crippen LogP contribution is 2.25. The van der Waals surface area contributed by atoms with E-state index in [4.69, 9.17) is 4.42 Å². The summed E-state index contributed by atoms with van der Waals surface area (Å²) >= 11 is 1.53. The predicted molar refractivity (Wildman–Crippen MR) is 114 cm³/mol. The Morgan fingerprint density at radius 2 is 2.06 bits per heavy atom. The van der Waals surface area contributed by atoms with Gasteiger partial charge in [-0.15, -0.1) is 11.3 Å². The molecule has 1 saturated heterocycles. The van der Waals surface area contributed by atoms with Gasteiger partial charge in [0.2, 0.25) is 15.9 Å². The molecule has 0 saturated carbocycles. The average Bonchev–Trinajstić information content (AvgIpc) is 3.41. The third-order valence-electron chi connectivity index (χ3n) is 5.18. The fourth-order valence-corrected chi connectivity index (χ4v) is 5.66. The summed E-state index contributed by atoms with van der Waals surface area (Å²) in [6.07, 6.45) is 1.18. The second-order valence-corrected chi connectivity index (χ2v) is 10.4. The number of aryl methyl sites for hydroxylation is 1. The number of thiazole rings is 1. The Kier molecular flexibility index (Phi) is 6.22. The molecule has 1 unspecified atom stereocenters. The van der Waals surface area contributed by atoms with E-state index in [0.717, 1.165) is 22.8 Å². The Hall–Kier alpha value is -2.56. The molecule has 7 nitrogen and oxygen atoms in total. The molecule has 2 aromatic heterocycles. The molecule has 1 atom stereocenters. The van der Waals surface area contributed by atoms with Gasteiger partial charge in [0.15, 0.2) is 5.76 Å². The molecule has 3 heterocycles. The van der Waals surface area contributed by atoms with Gasteiger partial charge in [-0.2, -0.15) is 4.31 Å².